The Labute approximate surface area is 534 Å². The fourth-order valence-electron chi connectivity index (χ4n) is 12.8. The number of carbonyl (C=O) groups excluding carboxylic acids is 7. The van der Waals surface area contributed by atoms with Crippen molar-refractivity contribution in [1.82, 2.24) is 20.4 Å². The number of rotatable bonds is 37. The number of aliphatic carboxylic acids is 2. The number of carboxylic acid groups (broad SMARTS) is 2. The molecular weight excluding hydrogens is 1180 g/mol. The lowest BCUT2D eigenvalue weighted by Gasteiger charge is -2.42. The van der Waals surface area contributed by atoms with Gasteiger partial charge in [-0.05, 0) is 54.4 Å². The van der Waals surface area contributed by atoms with E-state index in [4.69, 9.17) is 29.8 Å². The fourth-order valence-corrected chi connectivity index (χ4v) is 12.8. The van der Waals surface area contributed by atoms with E-state index in [0.717, 1.165) is 5.56 Å². The molecule has 2 aromatic rings. The molecule has 2 aromatic carbocycles. The van der Waals surface area contributed by atoms with Gasteiger partial charge in [-0.3, -0.25) is 38.4 Å². The molecule has 5 amide bonds. The fraction of sp³-hybridized carbons (Fsp3) is 0.677. The lowest BCUT2D eigenvalue weighted by molar-refractivity contribution is -0.922. The highest BCUT2D eigenvalue weighted by atomic mass is 16.7. The Morgan fingerprint density at radius 1 is 0.802 bits per heavy atom. The van der Waals surface area contributed by atoms with Crippen LogP contribution < -0.4 is 26.4 Å². The number of likely N-dealkylation sites (tertiary alicyclic amines) is 1. The van der Waals surface area contributed by atoms with Crippen molar-refractivity contribution in [3.63, 3.8) is 0 Å². The summed E-state index contributed by atoms with van der Waals surface area (Å²) in [4.78, 5) is 124. The number of carboxylic acids is 2. The van der Waals surface area contributed by atoms with Gasteiger partial charge in [-0.2, -0.15) is 0 Å². The van der Waals surface area contributed by atoms with E-state index in [1.807, 2.05) is 92.9 Å². The number of aliphatic hydroxyl groups is 4. The monoisotopic (exact) mass is 1280 g/mol. The topological polar surface area (TPSA) is 381 Å². The Kier molecular flexibility index (Phi) is 30.0. The van der Waals surface area contributed by atoms with E-state index < -0.39 is 128 Å². The van der Waals surface area contributed by atoms with E-state index in [1.54, 1.807) is 29.8 Å². The van der Waals surface area contributed by atoms with Crippen molar-refractivity contribution in [2.24, 2.45) is 41.2 Å². The lowest BCUT2D eigenvalue weighted by atomic mass is 9.83. The van der Waals surface area contributed by atoms with E-state index in [9.17, 15) is 59.1 Å². The van der Waals surface area contributed by atoms with Gasteiger partial charge in [-0.25, -0.2) is 4.79 Å². The van der Waals surface area contributed by atoms with Crippen LogP contribution in [0.1, 0.15) is 130 Å². The maximum Gasteiger partial charge on any atom is 0.335 e. The highest BCUT2D eigenvalue weighted by molar-refractivity contribution is 5.94. The van der Waals surface area contributed by atoms with Gasteiger partial charge >= 0.3 is 11.9 Å². The van der Waals surface area contributed by atoms with E-state index in [1.165, 1.54) is 26.4 Å². The van der Waals surface area contributed by atoms with E-state index in [0.29, 0.717) is 31.4 Å². The number of nitrogens with zero attached hydrogens (tertiary/aromatic N) is 3. The SMILES string of the molecule is CC[C@H](C)[C@@H]([C@@H](CC(=O)N1CCC[C@H]1[C@H](OC)[C@@H](C)C(=O)C[C@H](C)[C@@H](O)c1ccccc1)OC)N(C)C(=O)[C@@H](CC(=O)[C@H](C(C)C)[N+](C)(C)Cc1ccc(O[C@@H]2O[C@H](C(=O)O)[C@@H](O)[C@H](O)[C@H]2O)c(NC(=O)CCNC(=O)[C@H](CN)NC(=O)CCC(=O)O)c1)C(C)C. The standard InChI is InChI=1S/C65H101N7O19/c1-14-37(6)54(49(88-12)32-52(77)71-28-18-21-45(71)60(89-13)39(8)46(73)29-38(7)56(80)41-19-16-15-17-20-41)70(9)63(85)42(35(2)3)31-47(74)55(36(4)5)72(10,11)34-40-22-23-48(90-65-59(83)57(81)58(82)61(91-65)64(86)87)43(30-40)68-51(76)26-27-67-62(84)44(33-66)69-50(75)24-25-53(78)79/h15-17,19-20,22-23,30,35-39,42,44-45,49,54-61,65,80-83H,14,18,21,24-29,31-34,66H2,1-13H3,(H4-,67,68,69,75,76,78,79,84,86,87)/p+1/t37-,38-,39-,42-,44-,45-,49+,54-,55-,56+,57-,58-,59+,60+,61-,65+/m0/s1. The van der Waals surface area contributed by atoms with Crippen molar-refractivity contribution in [3.05, 3.63) is 59.7 Å². The molecule has 2 fully saturated rings. The number of nitrogens with two attached hydrogens (primary N) is 1. The Bertz CT molecular complexity index is 2770. The predicted molar refractivity (Wildman–Crippen MR) is 334 cm³/mol. The summed E-state index contributed by atoms with van der Waals surface area (Å²) in [5.41, 5.74) is 6.90. The molecule has 26 nitrogen and oxygen atoms in total. The maximum atomic E-state index is 15.1. The molecule has 0 radical (unpaired) electrons. The Balaban J connectivity index is 1.56. The number of hydrogen-bond donors (Lipinski definition) is 10. The third-order valence-electron chi connectivity index (χ3n) is 17.9. The van der Waals surface area contributed by atoms with Gasteiger partial charge in [0.1, 0.15) is 42.4 Å². The van der Waals surface area contributed by atoms with Gasteiger partial charge in [0, 0.05) is 89.9 Å². The first-order valence-electron chi connectivity index (χ1n) is 31.5. The Morgan fingerprint density at radius 2 is 1.46 bits per heavy atom. The van der Waals surface area contributed by atoms with Gasteiger partial charge < -0.3 is 85.6 Å². The number of likely N-dealkylation sites (N-methyl/N-ethyl adjacent to an activating group) is 2. The van der Waals surface area contributed by atoms with Crippen LogP contribution in [-0.2, 0) is 63.9 Å². The number of ether oxygens (including phenoxy) is 4. The molecule has 16 atom stereocenters. The van der Waals surface area contributed by atoms with Crippen LogP contribution in [0.15, 0.2) is 48.5 Å². The highest BCUT2D eigenvalue weighted by Crippen LogP contribution is 2.36. The second kappa shape index (κ2) is 35.5. The summed E-state index contributed by atoms with van der Waals surface area (Å²) in [5, 5.41) is 69.0. The third-order valence-corrected chi connectivity index (χ3v) is 17.9. The van der Waals surface area contributed by atoms with E-state index >= 15 is 9.59 Å². The molecular formula is C65H102N7O19+. The minimum atomic E-state index is -2.02. The minimum absolute atomic E-state index is 0.0309. The second-order valence-corrected chi connectivity index (χ2v) is 25.8. The van der Waals surface area contributed by atoms with Crippen molar-refractivity contribution >= 4 is 58.7 Å². The largest absolute Gasteiger partial charge is 0.481 e. The third kappa shape index (κ3) is 21.0. The van der Waals surface area contributed by atoms with Gasteiger partial charge in [-0.1, -0.05) is 92.1 Å². The molecule has 11 N–H and O–H groups in total. The average Bonchev–Trinajstić information content (AvgIpc) is 1.54. The van der Waals surface area contributed by atoms with Crippen LogP contribution >= 0.6 is 0 Å². The smallest absolute Gasteiger partial charge is 0.335 e. The number of carbonyl (C=O) groups is 9. The summed E-state index contributed by atoms with van der Waals surface area (Å²) in [6.45, 7) is 15.1. The number of amides is 5. The number of benzene rings is 2. The molecule has 0 bridgehead atoms. The van der Waals surface area contributed by atoms with Gasteiger partial charge in [-0.15, -0.1) is 0 Å². The van der Waals surface area contributed by atoms with E-state index in [2.05, 4.69) is 16.0 Å². The number of hydrogen-bond acceptors (Lipinski definition) is 18. The van der Waals surface area contributed by atoms with Gasteiger partial charge in [0.2, 0.25) is 35.8 Å². The van der Waals surface area contributed by atoms with Crippen molar-refractivity contribution in [2.75, 3.05) is 60.3 Å². The summed E-state index contributed by atoms with van der Waals surface area (Å²) in [7, 11) is 8.42. The van der Waals surface area contributed by atoms with Crippen LogP contribution in [0.2, 0.25) is 0 Å². The molecule has 510 valence electrons. The molecule has 0 saturated carbocycles. The summed E-state index contributed by atoms with van der Waals surface area (Å²) >= 11 is 0. The average molecular weight is 1290 g/mol. The number of methoxy groups -OCH3 is 2. The number of aliphatic hydroxyl groups excluding tert-OH is 4. The number of anilines is 1. The summed E-state index contributed by atoms with van der Waals surface area (Å²) in [5.74, 6) is -8.54. The molecule has 4 rings (SSSR count). The summed E-state index contributed by atoms with van der Waals surface area (Å²) in [6.07, 6.45) is -11.5. The number of Topliss-reactive ketones (excluding diaryl/α,β-unsaturated/α-hetero) is 2. The Morgan fingerprint density at radius 3 is 2.03 bits per heavy atom. The van der Waals surface area contributed by atoms with Crippen molar-refractivity contribution in [2.45, 2.75) is 193 Å². The van der Waals surface area contributed by atoms with Crippen LogP contribution in [-0.4, -0.2) is 220 Å². The first-order chi connectivity index (χ1) is 42.7. The molecule has 2 aliphatic heterocycles. The molecule has 0 aromatic heterocycles. The van der Waals surface area contributed by atoms with Crippen LogP contribution in [0, 0.1) is 35.5 Å². The number of quaternary nitrogens is 1. The highest BCUT2D eigenvalue weighted by Gasteiger charge is 2.49. The minimum Gasteiger partial charge on any atom is -0.481 e. The summed E-state index contributed by atoms with van der Waals surface area (Å²) in [6, 6.07) is 10.7. The first kappa shape index (κ1) is 77.0. The van der Waals surface area contributed by atoms with Crippen molar-refractivity contribution in [1.29, 1.82) is 0 Å². The van der Waals surface area contributed by atoms with Gasteiger partial charge in [0.15, 0.2) is 17.9 Å². The molecule has 0 spiro atoms. The predicted octanol–water partition coefficient (Wildman–Crippen LogP) is 2.79. The van der Waals surface area contributed by atoms with Crippen molar-refractivity contribution < 1.29 is 97.2 Å². The van der Waals surface area contributed by atoms with Gasteiger partial charge in [0.05, 0.1) is 63.0 Å². The van der Waals surface area contributed by atoms with Crippen molar-refractivity contribution in [3.8, 4) is 5.75 Å². The zero-order valence-electron chi connectivity index (χ0n) is 55.1. The van der Waals surface area contributed by atoms with Crippen LogP contribution in [0.3, 0.4) is 0 Å². The lowest BCUT2D eigenvalue weighted by Crippen LogP contribution is -2.61. The molecule has 2 saturated heterocycles. The molecule has 26 heteroatoms. The van der Waals surface area contributed by atoms with E-state index in [-0.39, 0.29) is 108 Å². The quantitative estimate of drug-likeness (QED) is 0.0435. The summed E-state index contributed by atoms with van der Waals surface area (Å²) < 4.78 is 23.5. The molecule has 2 heterocycles. The molecule has 91 heavy (non-hydrogen) atoms. The van der Waals surface area contributed by atoms with Crippen LogP contribution in [0.5, 0.6) is 5.75 Å². The Hall–Kier alpha value is -6.49. The zero-order valence-corrected chi connectivity index (χ0v) is 55.1. The normalized spacial score (nSPS) is 21.9. The van der Waals surface area contributed by atoms with Crippen LogP contribution in [0.4, 0.5) is 5.69 Å². The first-order valence-corrected chi connectivity index (χ1v) is 31.5. The molecule has 0 unspecified atom stereocenters. The van der Waals surface area contributed by atoms with Crippen LogP contribution in [0.25, 0.3) is 0 Å². The molecule has 2 aliphatic rings. The zero-order chi connectivity index (χ0) is 68.4. The number of nitrogens with one attached hydrogen (secondary N) is 3. The second-order valence-electron chi connectivity index (χ2n) is 25.8. The molecule has 0 aliphatic carbocycles. The number of ketones is 2. The maximum absolute atomic E-state index is 15.1. The van der Waals surface area contributed by atoms with Gasteiger partial charge in [0.25, 0.3) is 0 Å².